The first-order valence-corrected chi connectivity index (χ1v) is 17.5. The van der Waals surface area contributed by atoms with Crippen LogP contribution in [0.3, 0.4) is 0 Å². The fourth-order valence-electron chi connectivity index (χ4n) is 7.71. The quantitative estimate of drug-likeness (QED) is 0.118. The molecule has 0 N–H and O–H groups in total. The standard InChI is InChI=1S/C40H70/c1-31(19-13-21-33(3)25-27-37-35(5)23-15-29-39(37,7)8)17-11-12-18-32(2)20-14-22-34(4)26-28-38-36(6)24-16-30-40(38,9)10/h15,21,23,31-32,34H,11-14,16-20,22,24-30H2,1-10H3/b33-21+/t31-,32+,34+/m1/s1. The largest absolute Gasteiger partial charge is 0.0856 e. The van der Waals surface area contributed by atoms with Gasteiger partial charge < -0.3 is 0 Å². The van der Waals surface area contributed by atoms with E-state index in [4.69, 9.17) is 0 Å². The molecule has 2 aliphatic carbocycles. The van der Waals surface area contributed by atoms with Crippen molar-refractivity contribution >= 4 is 0 Å². The van der Waals surface area contributed by atoms with Gasteiger partial charge in [0.25, 0.3) is 0 Å². The highest BCUT2D eigenvalue weighted by Gasteiger charge is 2.28. The molecular formula is C40H70. The summed E-state index contributed by atoms with van der Waals surface area (Å²) in [6.45, 7) is 24.3. The summed E-state index contributed by atoms with van der Waals surface area (Å²) in [6, 6.07) is 0. The van der Waals surface area contributed by atoms with Crippen molar-refractivity contribution in [3.05, 3.63) is 46.1 Å². The molecule has 3 atom stereocenters. The van der Waals surface area contributed by atoms with Crippen molar-refractivity contribution in [2.45, 2.75) is 178 Å². The molecule has 2 rings (SSSR count). The van der Waals surface area contributed by atoms with Gasteiger partial charge in [0.15, 0.2) is 0 Å². The van der Waals surface area contributed by atoms with Crippen molar-refractivity contribution in [2.75, 3.05) is 0 Å². The van der Waals surface area contributed by atoms with Gasteiger partial charge in [-0.25, -0.2) is 0 Å². The van der Waals surface area contributed by atoms with Crippen molar-refractivity contribution in [1.29, 1.82) is 0 Å². The lowest BCUT2D eigenvalue weighted by Crippen LogP contribution is -2.20. The minimum Gasteiger partial charge on any atom is -0.0856 e. The Morgan fingerprint density at radius 1 is 0.775 bits per heavy atom. The molecule has 0 spiro atoms. The van der Waals surface area contributed by atoms with Crippen molar-refractivity contribution in [2.24, 2.45) is 28.6 Å². The monoisotopic (exact) mass is 551 g/mol. The summed E-state index contributed by atoms with van der Waals surface area (Å²) in [6.07, 6.45) is 30.3. The van der Waals surface area contributed by atoms with Crippen LogP contribution in [-0.4, -0.2) is 0 Å². The number of unbranched alkanes of at least 4 members (excludes halogenated alkanes) is 1. The van der Waals surface area contributed by atoms with Gasteiger partial charge in [0.2, 0.25) is 0 Å². The predicted molar refractivity (Wildman–Crippen MR) is 182 cm³/mol. The normalized spacial score (nSPS) is 21.6. The lowest BCUT2D eigenvalue weighted by atomic mass is 9.70. The van der Waals surface area contributed by atoms with Gasteiger partial charge in [-0.05, 0) is 114 Å². The Labute approximate surface area is 252 Å². The summed E-state index contributed by atoms with van der Waals surface area (Å²) in [5.74, 6) is 2.64. The molecule has 40 heavy (non-hydrogen) atoms. The highest BCUT2D eigenvalue weighted by molar-refractivity contribution is 5.33. The predicted octanol–water partition coefficient (Wildman–Crippen LogP) is 13.7. The van der Waals surface area contributed by atoms with Crippen LogP contribution in [-0.2, 0) is 0 Å². The van der Waals surface area contributed by atoms with E-state index < -0.39 is 0 Å². The third-order valence-electron chi connectivity index (χ3n) is 10.8. The third kappa shape index (κ3) is 12.4. The summed E-state index contributed by atoms with van der Waals surface area (Å²) in [4.78, 5) is 0. The average Bonchev–Trinajstić information content (AvgIpc) is 2.85. The molecule has 0 nitrogen and oxygen atoms in total. The van der Waals surface area contributed by atoms with Crippen LogP contribution in [0, 0.1) is 28.6 Å². The molecule has 230 valence electrons. The lowest BCUT2D eigenvalue weighted by Gasteiger charge is -2.35. The number of allylic oxidation sites excluding steroid dienone is 8. The van der Waals surface area contributed by atoms with E-state index in [0.717, 1.165) is 17.8 Å². The maximum atomic E-state index is 2.54. The molecule has 0 saturated heterocycles. The Morgan fingerprint density at radius 3 is 2.00 bits per heavy atom. The summed E-state index contributed by atoms with van der Waals surface area (Å²) in [5.41, 5.74) is 9.06. The van der Waals surface area contributed by atoms with Gasteiger partial charge in [-0.1, -0.05) is 140 Å². The van der Waals surface area contributed by atoms with Crippen LogP contribution in [0.1, 0.15) is 178 Å². The maximum Gasteiger partial charge on any atom is -0.0104 e. The minimum atomic E-state index is 0.340. The third-order valence-corrected chi connectivity index (χ3v) is 10.8. The SMILES string of the molecule is CC1=C(CC/C(C)=C/CC[C@H](C)CCCC[C@H](C)CCC[C@H](C)CCC2=C(C)CCCC2(C)C)C(C)(C)CC=C1. The van der Waals surface area contributed by atoms with Crippen molar-refractivity contribution < 1.29 is 0 Å². The molecule has 0 fully saturated rings. The molecule has 0 aromatic carbocycles. The molecule has 0 heterocycles. The fourth-order valence-corrected chi connectivity index (χ4v) is 7.71. The Kier molecular flexibility index (Phi) is 15.1. The van der Waals surface area contributed by atoms with Gasteiger partial charge in [0.05, 0.1) is 0 Å². The number of hydrogen-bond acceptors (Lipinski definition) is 0. The van der Waals surface area contributed by atoms with Crippen LogP contribution < -0.4 is 0 Å². The molecule has 0 heteroatoms. The summed E-state index contributed by atoms with van der Waals surface area (Å²) in [7, 11) is 0. The second-order valence-electron chi connectivity index (χ2n) is 15.8. The molecule has 0 saturated carbocycles. The van der Waals surface area contributed by atoms with Crippen LogP contribution in [0.15, 0.2) is 46.1 Å². The van der Waals surface area contributed by atoms with Crippen LogP contribution in [0.2, 0.25) is 0 Å². The lowest BCUT2D eigenvalue weighted by molar-refractivity contribution is 0.338. The van der Waals surface area contributed by atoms with Crippen LogP contribution >= 0.6 is 0 Å². The Balaban J connectivity index is 1.52. The highest BCUT2D eigenvalue weighted by Crippen LogP contribution is 2.43. The maximum absolute atomic E-state index is 2.54. The van der Waals surface area contributed by atoms with E-state index in [1.165, 1.54) is 115 Å². The zero-order chi connectivity index (χ0) is 29.8. The van der Waals surface area contributed by atoms with Gasteiger partial charge in [-0.3, -0.25) is 0 Å². The van der Waals surface area contributed by atoms with E-state index in [9.17, 15) is 0 Å². The van der Waals surface area contributed by atoms with Gasteiger partial charge in [-0.2, -0.15) is 0 Å². The van der Waals surface area contributed by atoms with Gasteiger partial charge in [0, 0.05) is 0 Å². The molecule has 0 unspecified atom stereocenters. The molecule has 0 amide bonds. The Morgan fingerprint density at radius 2 is 1.38 bits per heavy atom. The average molecular weight is 551 g/mol. The fraction of sp³-hybridized carbons (Fsp3) is 0.800. The molecule has 0 aromatic rings. The smallest absolute Gasteiger partial charge is 0.0104 e. The van der Waals surface area contributed by atoms with Gasteiger partial charge >= 0.3 is 0 Å². The first-order chi connectivity index (χ1) is 18.8. The molecule has 0 bridgehead atoms. The van der Waals surface area contributed by atoms with Crippen molar-refractivity contribution in [3.8, 4) is 0 Å². The highest BCUT2D eigenvalue weighted by atomic mass is 14.3. The van der Waals surface area contributed by atoms with E-state index in [1.54, 1.807) is 22.3 Å². The zero-order valence-corrected chi connectivity index (χ0v) is 29.0. The van der Waals surface area contributed by atoms with E-state index in [-0.39, 0.29) is 0 Å². The summed E-state index contributed by atoms with van der Waals surface area (Å²) in [5, 5.41) is 0. The Hall–Kier alpha value is -1.04. The van der Waals surface area contributed by atoms with Crippen molar-refractivity contribution in [3.63, 3.8) is 0 Å². The van der Waals surface area contributed by atoms with E-state index in [1.807, 2.05) is 0 Å². The topological polar surface area (TPSA) is 0 Å². The molecule has 0 aliphatic heterocycles. The number of rotatable bonds is 18. The van der Waals surface area contributed by atoms with E-state index in [0.29, 0.717) is 10.8 Å². The molecule has 2 aliphatic rings. The first-order valence-electron chi connectivity index (χ1n) is 17.5. The zero-order valence-electron chi connectivity index (χ0n) is 29.0. The van der Waals surface area contributed by atoms with E-state index in [2.05, 4.69) is 87.5 Å². The Bertz CT molecular complexity index is 870. The van der Waals surface area contributed by atoms with Crippen LogP contribution in [0.4, 0.5) is 0 Å². The number of hydrogen-bond donors (Lipinski definition) is 0. The minimum absolute atomic E-state index is 0.340. The van der Waals surface area contributed by atoms with Gasteiger partial charge in [0.1, 0.15) is 0 Å². The summed E-state index contributed by atoms with van der Waals surface area (Å²) >= 11 is 0. The van der Waals surface area contributed by atoms with E-state index >= 15 is 0 Å². The van der Waals surface area contributed by atoms with Crippen LogP contribution in [0.25, 0.3) is 0 Å². The second kappa shape index (κ2) is 17.2. The first kappa shape index (κ1) is 35.2. The molecule has 0 aromatic heterocycles. The second-order valence-corrected chi connectivity index (χ2v) is 15.8. The van der Waals surface area contributed by atoms with Crippen LogP contribution in [0.5, 0.6) is 0 Å². The van der Waals surface area contributed by atoms with Crippen molar-refractivity contribution in [1.82, 2.24) is 0 Å². The van der Waals surface area contributed by atoms with Gasteiger partial charge in [-0.15, -0.1) is 0 Å². The molecule has 0 radical (unpaired) electrons. The summed E-state index contributed by atoms with van der Waals surface area (Å²) < 4.78 is 0. The molecular weight excluding hydrogens is 480 g/mol.